The Labute approximate surface area is 184 Å². The second-order valence-corrected chi connectivity index (χ2v) is 7.46. The van der Waals surface area contributed by atoms with Crippen LogP contribution in [0, 0.1) is 6.92 Å². The third-order valence-corrected chi connectivity index (χ3v) is 4.97. The molecule has 0 radical (unpaired) electrons. The molecule has 0 saturated carbocycles. The zero-order valence-electron chi connectivity index (χ0n) is 17.7. The van der Waals surface area contributed by atoms with E-state index in [1.54, 1.807) is 6.07 Å². The van der Waals surface area contributed by atoms with Crippen molar-refractivity contribution in [1.29, 1.82) is 0 Å². The van der Waals surface area contributed by atoms with E-state index in [0.29, 0.717) is 48.9 Å². The number of aryl methyl sites for hydroxylation is 2. The summed E-state index contributed by atoms with van der Waals surface area (Å²) in [6.45, 7) is 3.13. The summed E-state index contributed by atoms with van der Waals surface area (Å²) in [7, 11) is 0. The topological polar surface area (TPSA) is 126 Å². The van der Waals surface area contributed by atoms with Crippen LogP contribution in [-0.4, -0.2) is 39.3 Å². The lowest BCUT2D eigenvalue weighted by Crippen LogP contribution is -2.26. The molecule has 0 aliphatic heterocycles. The molecular formula is C23H24N6O3. The highest BCUT2D eigenvalue weighted by Gasteiger charge is 2.11. The van der Waals surface area contributed by atoms with Gasteiger partial charge >= 0.3 is 0 Å². The van der Waals surface area contributed by atoms with E-state index in [0.717, 1.165) is 16.5 Å². The summed E-state index contributed by atoms with van der Waals surface area (Å²) in [5.74, 6) is 1.51. The second kappa shape index (κ2) is 9.86. The molecule has 9 nitrogen and oxygen atoms in total. The molecule has 3 N–H and O–H groups in total. The zero-order chi connectivity index (χ0) is 22.3. The quantitative estimate of drug-likeness (QED) is 0.347. The number of nitrogens with one attached hydrogen (secondary N) is 3. The van der Waals surface area contributed by atoms with Crippen molar-refractivity contribution in [3.05, 3.63) is 70.3 Å². The fourth-order valence-electron chi connectivity index (χ4n) is 3.34. The Morgan fingerprint density at radius 1 is 1.09 bits per heavy atom. The van der Waals surface area contributed by atoms with Gasteiger partial charge in [-0.3, -0.25) is 9.59 Å². The van der Waals surface area contributed by atoms with Gasteiger partial charge in [0, 0.05) is 36.9 Å². The number of nitrogens with zero attached hydrogens (tertiary/aromatic N) is 3. The first-order chi connectivity index (χ1) is 15.6. The first-order valence-corrected chi connectivity index (χ1v) is 10.5. The van der Waals surface area contributed by atoms with Crippen molar-refractivity contribution in [1.82, 2.24) is 25.7 Å². The summed E-state index contributed by atoms with van der Waals surface area (Å²) in [5.41, 5.74) is 1.79. The number of carbonyl (C=O) groups is 1. The Bertz CT molecular complexity index is 1280. The smallest absolute Gasteiger partial charge is 0.272 e. The molecule has 2 aromatic carbocycles. The van der Waals surface area contributed by atoms with Gasteiger partial charge in [-0.2, -0.15) is 10.1 Å². The van der Waals surface area contributed by atoms with Crippen molar-refractivity contribution in [3.63, 3.8) is 0 Å². The van der Waals surface area contributed by atoms with E-state index in [4.69, 9.17) is 4.52 Å². The molecule has 0 spiro atoms. The molecule has 4 aromatic rings. The molecule has 0 aliphatic carbocycles. The highest BCUT2D eigenvalue weighted by atomic mass is 16.5. The number of rotatable bonds is 9. The fourth-order valence-corrected chi connectivity index (χ4v) is 3.34. The van der Waals surface area contributed by atoms with Crippen molar-refractivity contribution in [2.45, 2.75) is 26.2 Å². The maximum atomic E-state index is 12.1. The van der Waals surface area contributed by atoms with E-state index in [9.17, 15) is 9.59 Å². The van der Waals surface area contributed by atoms with Crippen molar-refractivity contribution in [2.75, 3.05) is 18.4 Å². The largest absolute Gasteiger partial charge is 0.368 e. The van der Waals surface area contributed by atoms with Gasteiger partial charge < -0.3 is 15.2 Å². The van der Waals surface area contributed by atoms with Gasteiger partial charge in [0.05, 0.1) is 5.39 Å². The average Bonchev–Trinajstić information content (AvgIpc) is 3.28. The summed E-state index contributed by atoms with van der Waals surface area (Å²) < 4.78 is 5.26. The monoisotopic (exact) mass is 432 g/mol. The SMILES string of the molecule is Cc1cccc(-c2noc(CCC(=O)NCCCNc3n[nH]c(=O)c4ccccc34)n2)c1. The molecule has 2 aromatic heterocycles. The molecule has 0 aliphatic rings. The van der Waals surface area contributed by atoms with Gasteiger partial charge in [-0.25, -0.2) is 5.10 Å². The molecule has 1 amide bonds. The number of carbonyl (C=O) groups excluding carboxylic acids is 1. The molecule has 9 heteroatoms. The minimum absolute atomic E-state index is 0.0760. The predicted molar refractivity (Wildman–Crippen MR) is 121 cm³/mol. The summed E-state index contributed by atoms with van der Waals surface area (Å²) in [6.07, 6.45) is 1.37. The molecule has 0 atom stereocenters. The van der Waals surface area contributed by atoms with Gasteiger partial charge in [0.1, 0.15) is 0 Å². The number of benzene rings is 2. The van der Waals surface area contributed by atoms with Gasteiger partial charge in [0.15, 0.2) is 5.82 Å². The lowest BCUT2D eigenvalue weighted by atomic mass is 10.1. The number of anilines is 1. The van der Waals surface area contributed by atoms with Gasteiger partial charge in [0.2, 0.25) is 17.6 Å². The van der Waals surface area contributed by atoms with Crippen molar-refractivity contribution < 1.29 is 9.32 Å². The van der Waals surface area contributed by atoms with Crippen LogP contribution in [-0.2, 0) is 11.2 Å². The maximum Gasteiger partial charge on any atom is 0.272 e. The van der Waals surface area contributed by atoms with Crippen LogP contribution >= 0.6 is 0 Å². The number of hydrogen-bond donors (Lipinski definition) is 3. The van der Waals surface area contributed by atoms with Crippen molar-refractivity contribution >= 4 is 22.5 Å². The molecule has 0 bridgehead atoms. The lowest BCUT2D eigenvalue weighted by Gasteiger charge is -2.08. The Kier molecular flexibility index (Phi) is 6.54. The Morgan fingerprint density at radius 3 is 2.78 bits per heavy atom. The molecule has 0 saturated heterocycles. The number of amides is 1. The fraction of sp³-hybridized carbons (Fsp3) is 0.261. The molecule has 32 heavy (non-hydrogen) atoms. The van der Waals surface area contributed by atoms with Crippen LogP contribution in [0.15, 0.2) is 57.8 Å². The van der Waals surface area contributed by atoms with E-state index in [1.807, 2.05) is 49.4 Å². The van der Waals surface area contributed by atoms with Gasteiger partial charge in [-0.05, 0) is 25.5 Å². The van der Waals surface area contributed by atoms with E-state index in [2.05, 4.69) is 31.0 Å². The van der Waals surface area contributed by atoms with E-state index < -0.39 is 0 Å². The van der Waals surface area contributed by atoms with Crippen LogP contribution < -0.4 is 16.2 Å². The molecule has 2 heterocycles. The highest BCUT2D eigenvalue weighted by Crippen LogP contribution is 2.18. The predicted octanol–water partition coefficient (Wildman–Crippen LogP) is 2.83. The number of H-pyrrole nitrogens is 1. The number of hydrogen-bond acceptors (Lipinski definition) is 7. The minimum Gasteiger partial charge on any atom is -0.368 e. The van der Waals surface area contributed by atoms with E-state index in [1.165, 1.54) is 0 Å². The van der Waals surface area contributed by atoms with Gasteiger partial charge in [-0.15, -0.1) is 0 Å². The van der Waals surface area contributed by atoms with Crippen LogP contribution in [0.5, 0.6) is 0 Å². The van der Waals surface area contributed by atoms with Crippen LogP contribution in [0.1, 0.15) is 24.3 Å². The summed E-state index contributed by atoms with van der Waals surface area (Å²) in [4.78, 5) is 28.3. The molecule has 0 fully saturated rings. The second-order valence-electron chi connectivity index (χ2n) is 7.46. The average molecular weight is 432 g/mol. The third-order valence-electron chi connectivity index (χ3n) is 4.97. The molecular weight excluding hydrogens is 408 g/mol. The van der Waals surface area contributed by atoms with Crippen LogP contribution in [0.25, 0.3) is 22.2 Å². The van der Waals surface area contributed by atoms with Crippen LogP contribution in [0.3, 0.4) is 0 Å². The minimum atomic E-state index is -0.217. The van der Waals surface area contributed by atoms with E-state index in [-0.39, 0.29) is 17.9 Å². The molecule has 0 unspecified atom stereocenters. The molecule has 4 rings (SSSR count). The molecule has 164 valence electrons. The maximum absolute atomic E-state index is 12.1. The van der Waals surface area contributed by atoms with Crippen LogP contribution in [0.4, 0.5) is 5.82 Å². The van der Waals surface area contributed by atoms with E-state index >= 15 is 0 Å². The number of aromatic nitrogens is 4. The Morgan fingerprint density at radius 2 is 1.94 bits per heavy atom. The van der Waals surface area contributed by atoms with Gasteiger partial charge in [0.25, 0.3) is 5.56 Å². The summed E-state index contributed by atoms with van der Waals surface area (Å²) in [6, 6.07) is 15.1. The lowest BCUT2D eigenvalue weighted by molar-refractivity contribution is -0.121. The first-order valence-electron chi connectivity index (χ1n) is 10.5. The Hall–Kier alpha value is -4.01. The Balaban J connectivity index is 1.19. The summed E-state index contributed by atoms with van der Waals surface area (Å²) >= 11 is 0. The number of fused-ring (bicyclic) bond motifs is 1. The normalized spacial score (nSPS) is 10.9. The van der Waals surface area contributed by atoms with Crippen LogP contribution in [0.2, 0.25) is 0 Å². The summed E-state index contributed by atoms with van der Waals surface area (Å²) in [5, 5.41) is 18.0. The van der Waals surface area contributed by atoms with Gasteiger partial charge in [-0.1, -0.05) is 47.1 Å². The third kappa shape index (κ3) is 5.18. The van der Waals surface area contributed by atoms with Crippen molar-refractivity contribution in [2.24, 2.45) is 0 Å². The zero-order valence-corrected chi connectivity index (χ0v) is 17.7. The first kappa shape index (κ1) is 21.2. The van der Waals surface area contributed by atoms with Crippen molar-refractivity contribution in [3.8, 4) is 11.4 Å². The standard InChI is InChI=1S/C23H24N6O3/c1-15-6-4-7-16(14-15)21-26-20(32-29-21)11-10-19(30)24-12-5-13-25-22-17-8-2-3-9-18(17)23(31)28-27-22/h2-4,6-9,14H,5,10-13H2,1H3,(H,24,30)(H,25,27)(H,28,31). The number of aromatic amines is 1. The highest BCUT2D eigenvalue weighted by molar-refractivity contribution is 5.90.